The van der Waals surface area contributed by atoms with Crippen LogP contribution in [0.5, 0.6) is 0 Å². The lowest BCUT2D eigenvalue weighted by atomic mass is 9.76. The van der Waals surface area contributed by atoms with Crippen molar-refractivity contribution in [2.45, 2.75) is 50.7 Å². The highest BCUT2D eigenvalue weighted by atomic mass is 16.3. The molecule has 1 N–H and O–H groups in total. The Labute approximate surface area is 133 Å². The lowest BCUT2D eigenvalue weighted by molar-refractivity contribution is 0.107. The predicted octanol–water partition coefficient (Wildman–Crippen LogP) is 3.40. The van der Waals surface area contributed by atoms with Gasteiger partial charge in [-0.25, -0.2) is 0 Å². The van der Waals surface area contributed by atoms with Crippen LogP contribution in [-0.4, -0.2) is 35.0 Å². The molecule has 4 rings (SSSR count). The molecule has 118 valence electrons. The van der Waals surface area contributed by atoms with Gasteiger partial charge in [0, 0.05) is 25.0 Å². The number of aliphatic hydroxyl groups is 1. The van der Waals surface area contributed by atoms with Gasteiger partial charge in [-0.2, -0.15) is 0 Å². The Bertz CT molecular complexity index is 542. The van der Waals surface area contributed by atoms with E-state index in [1.807, 2.05) is 30.3 Å². The van der Waals surface area contributed by atoms with E-state index in [2.05, 4.69) is 4.90 Å². The summed E-state index contributed by atoms with van der Waals surface area (Å²) in [6, 6.07) is 10.6. The summed E-state index contributed by atoms with van der Waals surface area (Å²) < 4.78 is 0. The number of hydrogen-bond acceptors (Lipinski definition) is 3. The van der Waals surface area contributed by atoms with Crippen LogP contribution in [0.1, 0.15) is 50.2 Å². The normalized spacial score (nSPS) is 32.1. The Morgan fingerprint density at radius 2 is 1.95 bits per heavy atom. The fourth-order valence-corrected chi connectivity index (χ4v) is 4.82. The molecular weight excluding hydrogens is 272 g/mol. The fraction of sp³-hybridized carbons (Fsp3) is 0.632. The van der Waals surface area contributed by atoms with Gasteiger partial charge in [-0.15, -0.1) is 0 Å². The van der Waals surface area contributed by atoms with Crippen molar-refractivity contribution in [1.29, 1.82) is 0 Å². The van der Waals surface area contributed by atoms with Crippen molar-refractivity contribution in [3.8, 4) is 0 Å². The number of benzene rings is 1. The molecule has 2 aliphatic heterocycles. The van der Waals surface area contributed by atoms with Crippen LogP contribution in [0, 0.1) is 11.8 Å². The Balaban J connectivity index is 1.57. The molecule has 3 nitrogen and oxygen atoms in total. The molecule has 22 heavy (non-hydrogen) atoms. The Kier molecular flexibility index (Phi) is 3.91. The summed E-state index contributed by atoms with van der Waals surface area (Å²) in [6.07, 6.45) is 6.98. The summed E-state index contributed by atoms with van der Waals surface area (Å²) >= 11 is 0. The van der Waals surface area contributed by atoms with Crippen molar-refractivity contribution in [3.05, 3.63) is 35.9 Å². The van der Waals surface area contributed by atoms with Crippen molar-refractivity contribution in [2.24, 2.45) is 16.8 Å². The van der Waals surface area contributed by atoms with E-state index in [4.69, 9.17) is 4.99 Å². The molecule has 0 amide bonds. The maximum Gasteiger partial charge on any atom is 0.103 e. The average Bonchev–Trinajstić information content (AvgIpc) is 2.90. The number of aliphatic hydroxyl groups excluding tert-OH is 1. The number of nitrogens with zero attached hydrogens (tertiary/aromatic N) is 2. The summed E-state index contributed by atoms with van der Waals surface area (Å²) in [6.45, 7) is 2.14. The van der Waals surface area contributed by atoms with Gasteiger partial charge in [-0.05, 0) is 37.2 Å². The van der Waals surface area contributed by atoms with E-state index >= 15 is 0 Å². The third-order valence-electron chi connectivity index (χ3n) is 5.82. The SMILES string of the molecule is O[C@@H](C[C@H]1[C@@H]2CCCC[C@@H]2C2=NCCCN21)c1ccccc1. The summed E-state index contributed by atoms with van der Waals surface area (Å²) in [5.41, 5.74) is 1.05. The van der Waals surface area contributed by atoms with Crippen LogP contribution in [0.4, 0.5) is 0 Å². The molecule has 1 aromatic rings. The Morgan fingerprint density at radius 3 is 2.82 bits per heavy atom. The van der Waals surface area contributed by atoms with Gasteiger partial charge in [0.05, 0.1) is 6.10 Å². The van der Waals surface area contributed by atoms with Gasteiger partial charge in [0.2, 0.25) is 0 Å². The van der Waals surface area contributed by atoms with E-state index in [0.717, 1.165) is 25.1 Å². The molecule has 1 aliphatic carbocycles. The Morgan fingerprint density at radius 1 is 1.14 bits per heavy atom. The highest BCUT2D eigenvalue weighted by Crippen LogP contribution is 2.45. The molecule has 4 atom stereocenters. The van der Waals surface area contributed by atoms with Gasteiger partial charge in [-0.1, -0.05) is 43.2 Å². The molecule has 2 heterocycles. The minimum absolute atomic E-state index is 0.352. The van der Waals surface area contributed by atoms with Crippen LogP contribution in [0.2, 0.25) is 0 Å². The van der Waals surface area contributed by atoms with Crippen LogP contribution in [0.15, 0.2) is 35.3 Å². The first-order valence-electron chi connectivity index (χ1n) is 8.88. The van der Waals surface area contributed by atoms with Gasteiger partial charge in [0.25, 0.3) is 0 Å². The second kappa shape index (κ2) is 6.04. The largest absolute Gasteiger partial charge is 0.388 e. The Hall–Kier alpha value is -1.35. The topological polar surface area (TPSA) is 35.8 Å². The first-order chi connectivity index (χ1) is 10.8. The second-order valence-electron chi connectivity index (χ2n) is 7.07. The number of hydrogen-bond donors (Lipinski definition) is 1. The predicted molar refractivity (Wildman–Crippen MR) is 88.9 cm³/mol. The second-order valence-corrected chi connectivity index (χ2v) is 7.07. The van der Waals surface area contributed by atoms with Crippen molar-refractivity contribution >= 4 is 5.84 Å². The zero-order valence-electron chi connectivity index (χ0n) is 13.2. The molecule has 3 aliphatic rings. The van der Waals surface area contributed by atoms with Crippen molar-refractivity contribution < 1.29 is 5.11 Å². The van der Waals surface area contributed by atoms with E-state index in [-0.39, 0.29) is 6.10 Å². The lowest BCUT2D eigenvalue weighted by Crippen LogP contribution is -2.39. The maximum absolute atomic E-state index is 10.7. The molecule has 2 fully saturated rings. The summed E-state index contributed by atoms with van der Waals surface area (Å²) in [5, 5.41) is 10.7. The monoisotopic (exact) mass is 298 g/mol. The standard InChI is InChI=1S/C19H26N2O/c22-18(14-7-2-1-3-8-14)13-17-15-9-4-5-10-16(15)19-20-11-6-12-21(17)19/h1-3,7-8,15-18,22H,4-6,9-13H2/t15-,16+,17+,18+/m1/s1. The molecule has 0 radical (unpaired) electrons. The lowest BCUT2D eigenvalue weighted by Gasteiger charge is -2.33. The van der Waals surface area contributed by atoms with E-state index in [9.17, 15) is 5.11 Å². The van der Waals surface area contributed by atoms with Crippen LogP contribution in [0.25, 0.3) is 0 Å². The average molecular weight is 298 g/mol. The molecule has 1 saturated carbocycles. The quantitative estimate of drug-likeness (QED) is 0.928. The number of rotatable bonds is 3. The van der Waals surface area contributed by atoms with Gasteiger partial charge in [-0.3, -0.25) is 4.99 Å². The molecule has 3 heteroatoms. The van der Waals surface area contributed by atoms with Crippen molar-refractivity contribution in [1.82, 2.24) is 4.90 Å². The number of amidine groups is 1. The molecule has 0 unspecified atom stereocenters. The first-order valence-corrected chi connectivity index (χ1v) is 8.88. The molecule has 0 spiro atoms. The summed E-state index contributed by atoms with van der Waals surface area (Å²) in [4.78, 5) is 7.42. The minimum atomic E-state index is -0.352. The minimum Gasteiger partial charge on any atom is -0.388 e. The van der Waals surface area contributed by atoms with Crippen molar-refractivity contribution in [3.63, 3.8) is 0 Å². The molecular formula is C19H26N2O. The maximum atomic E-state index is 10.7. The molecule has 0 bridgehead atoms. The molecule has 0 aromatic heterocycles. The van der Waals surface area contributed by atoms with E-state index in [1.165, 1.54) is 37.9 Å². The van der Waals surface area contributed by atoms with E-state index in [1.54, 1.807) is 0 Å². The van der Waals surface area contributed by atoms with Gasteiger partial charge in [0.15, 0.2) is 0 Å². The van der Waals surface area contributed by atoms with Gasteiger partial charge < -0.3 is 10.0 Å². The molecule has 1 saturated heterocycles. The third-order valence-corrected chi connectivity index (χ3v) is 5.82. The van der Waals surface area contributed by atoms with Crippen molar-refractivity contribution in [2.75, 3.05) is 13.1 Å². The summed E-state index contributed by atoms with van der Waals surface area (Å²) in [5.74, 6) is 2.76. The van der Waals surface area contributed by atoms with Gasteiger partial charge in [0.1, 0.15) is 5.84 Å². The third kappa shape index (κ3) is 2.45. The highest BCUT2D eigenvalue weighted by molar-refractivity contribution is 5.88. The zero-order valence-corrected chi connectivity index (χ0v) is 13.2. The van der Waals surface area contributed by atoms with Crippen LogP contribution in [0.3, 0.4) is 0 Å². The van der Waals surface area contributed by atoms with Crippen LogP contribution in [-0.2, 0) is 0 Å². The first kappa shape index (κ1) is 14.3. The zero-order chi connectivity index (χ0) is 14.9. The smallest absolute Gasteiger partial charge is 0.103 e. The van der Waals surface area contributed by atoms with E-state index in [0.29, 0.717) is 17.9 Å². The number of fused-ring (bicyclic) bond motifs is 3. The summed E-state index contributed by atoms with van der Waals surface area (Å²) in [7, 11) is 0. The fourth-order valence-electron chi connectivity index (χ4n) is 4.82. The molecule has 1 aromatic carbocycles. The van der Waals surface area contributed by atoms with Crippen LogP contribution < -0.4 is 0 Å². The van der Waals surface area contributed by atoms with Crippen LogP contribution >= 0.6 is 0 Å². The van der Waals surface area contributed by atoms with E-state index < -0.39 is 0 Å². The van der Waals surface area contributed by atoms with Gasteiger partial charge >= 0.3 is 0 Å². The highest BCUT2D eigenvalue weighted by Gasteiger charge is 2.47. The number of aliphatic imine (C=N–C) groups is 1.